The Bertz CT molecular complexity index is 429. The molecule has 0 aromatic carbocycles. The van der Waals surface area contributed by atoms with Crippen LogP contribution in [0.25, 0.3) is 0 Å². The Hall–Kier alpha value is -0.970. The van der Waals surface area contributed by atoms with E-state index < -0.39 is 0 Å². The molecule has 1 rings (SSSR count). The number of aromatic nitrogens is 2. The monoisotopic (exact) mass is 310 g/mol. The molecule has 0 fully saturated rings. The highest BCUT2D eigenvalue weighted by Crippen LogP contribution is 2.22. The van der Waals surface area contributed by atoms with Gasteiger partial charge in [0.2, 0.25) is 0 Å². The van der Waals surface area contributed by atoms with Gasteiger partial charge in [-0.05, 0) is 24.3 Å². The summed E-state index contributed by atoms with van der Waals surface area (Å²) in [5, 5.41) is 6.82. The number of nitrogens with one attached hydrogen (secondary N) is 2. The van der Waals surface area contributed by atoms with Crippen LogP contribution in [0.5, 0.6) is 0 Å². The summed E-state index contributed by atoms with van der Waals surface area (Å²) in [6, 6.07) is 2.01. The van der Waals surface area contributed by atoms with Gasteiger partial charge in [-0.1, -0.05) is 34.6 Å². The second-order valence-corrected chi connectivity index (χ2v) is 7.49. The van der Waals surface area contributed by atoms with E-state index in [1.807, 2.05) is 17.8 Å². The maximum absolute atomic E-state index is 4.68. The van der Waals surface area contributed by atoms with Gasteiger partial charge in [-0.2, -0.15) is 11.8 Å². The lowest BCUT2D eigenvalue weighted by Gasteiger charge is -2.20. The van der Waals surface area contributed by atoms with Gasteiger partial charge in [0.1, 0.15) is 17.5 Å². The van der Waals surface area contributed by atoms with Crippen LogP contribution in [0.4, 0.5) is 11.6 Å². The molecule has 2 N–H and O–H groups in total. The number of anilines is 2. The fraction of sp³-hybridized carbons (Fsp3) is 0.750. The maximum atomic E-state index is 4.68. The lowest BCUT2D eigenvalue weighted by Crippen LogP contribution is -2.20. The van der Waals surface area contributed by atoms with Gasteiger partial charge in [-0.3, -0.25) is 0 Å². The van der Waals surface area contributed by atoms with Crippen LogP contribution in [-0.2, 0) is 5.41 Å². The van der Waals surface area contributed by atoms with Gasteiger partial charge in [0.05, 0.1) is 0 Å². The molecule has 0 aliphatic heterocycles. The third-order valence-corrected chi connectivity index (χ3v) is 3.94. The first-order chi connectivity index (χ1) is 9.86. The van der Waals surface area contributed by atoms with E-state index in [9.17, 15) is 0 Å². The average Bonchev–Trinajstić information content (AvgIpc) is 2.42. The smallest absolute Gasteiger partial charge is 0.138 e. The zero-order chi connectivity index (χ0) is 15.9. The molecule has 0 aliphatic carbocycles. The standard InChI is InChI=1S/C16H30N4S/c1-7-8-17-13-9-14(18-10-12(2)11-21-6)20-15(19-13)16(3,4)5/h9,12H,7-8,10-11H2,1-6H3,(H2,17,18,19,20). The predicted molar refractivity (Wildman–Crippen MR) is 95.5 cm³/mol. The summed E-state index contributed by atoms with van der Waals surface area (Å²) in [4.78, 5) is 9.32. The van der Waals surface area contributed by atoms with E-state index in [1.165, 1.54) is 0 Å². The molecule has 1 heterocycles. The zero-order valence-electron chi connectivity index (χ0n) is 14.3. The van der Waals surface area contributed by atoms with E-state index in [4.69, 9.17) is 0 Å². The molecule has 1 unspecified atom stereocenters. The van der Waals surface area contributed by atoms with Gasteiger partial charge in [0, 0.05) is 24.6 Å². The Morgan fingerprint density at radius 3 is 2.33 bits per heavy atom. The van der Waals surface area contributed by atoms with Crippen LogP contribution in [0.15, 0.2) is 6.07 Å². The lowest BCUT2D eigenvalue weighted by molar-refractivity contribution is 0.546. The molecule has 0 aliphatic rings. The van der Waals surface area contributed by atoms with E-state index in [-0.39, 0.29) is 5.41 Å². The summed E-state index contributed by atoms with van der Waals surface area (Å²) in [6.45, 7) is 12.7. The highest BCUT2D eigenvalue weighted by atomic mass is 32.2. The molecule has 1 aromatic rings. The second-order valence-electron chi connectivity index (χ2n) is 6.58. The van der Waals surface area contributed by atoms with Crippen molar-refractivity contribution in [2.45, 2.75) is 46.5 Å². The highest BCUT2D eigenvalue weighted by Gasteiger charge is 2.19. The quantitative estimate of drug-likeness (QED) is 0.760. The molecule has 5 heteroatoms. The van der Waals surface area contributed by atoms with E-state index in [2.05, 4.69) is 61.5 Å². The Kier molecular flexibility index (Phi) is 7.29. The lowest BCUT2D eigenvalue weighted by atomic mass is 9.96. The van der Waals surface area contributed by atoms with E-state index in [1.54, 1.807) is 0 Å². The summed E-state index contributed by atoms with van der Waals surface area (Å²) < 4.78 is 0. The summed E-state index contributed by atoms with van der Waals surface area (Å²) >= 11 is 1.88. The number of hydrogen-bond donors (Lipinski definition) is 2. The molecule has 120 valence electrons. The molecule has 1 aromatic heterocycles. The van der Waals surface area contributed by atoms with Crippen LogP contribution >= 0.6 is 11.8 Å². The van der Waals surface area contributed by atoms with Crippen LogP contribution in [0.3, 0.4) is 0 Å². The molecule has 0 saturated heterocycles. The molecule has 21 heavy (non-hydrogen) atoms. The van der Waals surface area contributed by atoms with Gasteiger partial charge >= 0.3 is 0 Å². The van der Waals surface area contributed by atoms with E-state index in [0.29, 0.717) is 5.92 Å². The van der Waals surface area contributed by atoms with Crippen molar-refractivity contribution in [3.63, 3.8) is 0 Å². The molecule has 0 spiro atoms. The predicted octanol–water partition coefficient (Wildman–Crippen LogP) is 4.01. The number of thioether (sulfide) groups is 1. The van der Waals surface area contributed by atoms with Crippen LogP contribution in [0, 0.1) is 5.92 Å². The first kappa shape index (κ1) is 18.1. The maximum Gasteiger partial charge on any atom is 0.138 e. The van der Waals surface area contributed by atoms with Gasteiger partial charge in [-0.25, -0.2) is 9.97 Å². The minimum Gasteiger partial charge on any atom is -0.370 e. The molecule has 0 amide bonds. The normalized spacial score (nSPS) is 13.0. The van der Waals surface area contributed by atoms with Crippen molar-refractivity contribution < 1.29 is 0 Å². The summed E-state index contributed by atoms with van der Waals surface area (Å²) in [5.41, 5.74) is -0.0504. The number of nitrogens with zero attached hydrogens (tertiary/aromatic N) is 2. The third-order valence-electron chi connectivity index (χ3n) is 3.04. The van der Waals surface area contributed by atoms with Crippen LogP contribution in [0.2, 0.25) is 0 Å². The summed E-state index contributed by atoms with van der Waals surface area (Å²) in [6.07, 6.45) is 3.23. The summed E-state index contributed by atoms with van der Waals surface area (Å²) in [7, 11) is 0. The topological polar surface area (TPSA) is 49.8 Å². The van der Waals surface area contributed by atoms with Crippen molar-refractivity contribution in [2.24, 2.45) is 5.92 Å². The zero-order valence-corrected chi connectivity index (χ0v) is 15.1. The molecule has 1 atom stereocenters. The first-order valence-corrected chi connectivity index (χ1v) is 9.12. The summed E-state index contributed by atoms with van der Waals surface area (Å²) in [5.74, 6) is 4.49. The Morgan fingerprint density at radius 2 is 1.81 bits per heavy atom. The third kappa shape index (κ3) is 6.55. The van der Waals surface area contributed by atoms with Gasteiger partial charge < -0.3 is 10.6 Å². The Labute approximate surface area is 133 Å². The fourth-order valence-corrected chi connectivity index (χ4v) is 2.53. The van der Waals surface area contributed by atoms with Crippen molar-refractivity contribution in [3.8, 4) is 0 Å². The molecular weight excluding hydrogens is 280 g/mol. The van der Waals surface area contributed by atoms with Gasteiger partial charge in [-0.15, -0.1) is 0 Å². The average molecular weight is 311 g/mol. The fourth-order valence-electron chi connectivity index (χ4n) is 1.84. The Balaban J connectivity index is 2.85. The minimum atomic E-state index is -0.0504. The molecule has 0 bridgehead atoms. The van der Waals surface area contributed by atoms with E-state index in [0.717, 1.165) is 42.7 Å². The van der Waals surface area contributed by atoms with Crippen molar-refractivity contribution in [2.75, 3.05) is 35.7 Å². The Morgan fingerprint density at radius 1 is 1.19 bits per heavy atom. The van der Waals surface area contributed by atoms with Crippen LogP contribution in [-0.4, -0.2) is 35.1 Å². The number of rotatable bonds is 8. The van der Waals surface area contributed by atoms with Crippen molar-refractivity contribution in [3.05, 3.63) is 11.9 Å². The van der Waals surface area contributed by atoms with Crippen LogP contribution < -0.4 is 10.6 Å². The SMILES string of the molecule is CCCNc1cc(NCC(C)CSC)nc(C(C)(C)C)n1. The van der Waals surface area contributed by atoms with Crippen LogP contribution in [0.1, 0.15) is 46.9 Å². The van der Waals surface area contributed by atoms with Crippen molar-refractivity contribution in [1.82, 2.24) is 9.97 Å². The number of hydrogen-bond acceptors (Lipinski definition) is 5. The van der Waals surface area contributed by atoms with Crippen molar-refractivity contribution in [1.29, 1.82) is 0 Å². The second kappa shape index (κ2) is 8.47. The molecular formula is C16H30N4S. The highest BCUT2D eigenvalue weighted by molar-refractivity contribution is 7.98. The molecule has 4 nitrogen and oxygen atoms in total. The largest absolute Gasteiger partial charge is 0.370 e. The molecule has 0 radical (unpaired) electrons. The van der Waals surface area contributed by atoms with Gasteiger partial charge in [0.15, 0.2) is 0 Å². The molecule has 0 saturated carbocycles. The van der Waals surface area contributed by atoms with Gasteiger partial charge in [0.25, 0.3) is 0 Å². The van der Waals surface area contributed by atoms with E-state index >= 15 is 0 Å². The minimum absolute atomic E-state index is 0.0504. The van der Waals surface area contributed by atoms with Crippen molar-refractivity contribution >= 4 is 23.4 Å². The first-order valence-electron chi connectivity index (χ1n) is 7.73.